The van der Waals surface area contributed by atoms with Crippen LogP contribution in [-0.2, 0) is 22.5 Å². The zero-order valence-electron chi connectivity index (χ0n) is 14.1. The third-order valence-electron chi connectivity index (χ3n) is 4.19. The minimum absolute atomic E-state index is 0.117. The molecule has 1 aromatic rings. The molecule has 2 atom stereocenters. The Hall–Kier alpha value is -1.62. The van der Waals surface area contributed by atoms with E-state index in [1.165, 1.54) is 5.56 Å². The number of morpholine rings is 1. The molecule has 1 aliphatic rings. The molecule has 0 aromatic carbocycles. The number of hydrogen-bond acceptors (Lipinski definition) is 3. The van der Waals surface area contributed by atoms with Crippen LogP contribution in [0.2, 0.25) is 0 Å². The number of allylic oxidation sites excluding steroid dienone is 1. The third kappa shape index (κ3) is 3.77. The Morgan fingerprint density at radius 2 is 2.00 bits per heavy atom. The number of ether oxygens (including phenoxy) is 1. The molecule has 1 fully saturated rings. The molecule has 22 heavy (non-hydrogen) atoms. The number of rotatable bonds is 5. The Balaban J connectivity index is 1.98. The van der Waals surface area contributed by atoms with Gasteiger partial charge in [-0.1, -0.05) is 6.08 Å². The number of aryl methyl sites for hydroxylation is 1. The van der Waals surface area contributed by atoms with Gasteiger partial charge >= 0.3 is 0 Å². The van der Waals surface area contributed by atoms with E-state index in [4.69, 9.17) is 4.74 Å². The van der Waals surface area contributed by atoms with Gasteiger partial charge in [-0.2, -0.15) is 5.10 Å². The van der Waals surface area contributed by atoms with Crippen molar-refractivity contribution in [2.24, 2.45) is 0 Å². The monoisotopic (exact) mass is 305 g/mol. The molecule has 0 saturated carbocycles. The highest BCUT2D eigenvalue weighted by Crippen LogP contribution is 2.17. The van der Waals surface area contributed by atoms with Gasteiger partial charge in [0.1, 0.15) is 0 Å². The number of amides is 1. The summed E-state index contributed by atoms with van der Waals surface area (Å²) < 4.78 is 7.63. The van der Waals surface area contributed by atoms with Gasteiger partial charge in [-0.3, -0.25) is 9.48 Å². The van der Waals surface area contributed by atoms with E-state index in [1.807, 2.05) is 36.4 Å². The molecule has 5 heteroatoms. The van der Waals surface area contributed by atoms with E-state index in [2.05, 4.69) is 18.6 Å². The van der Waals surface area contributed by atoms with Crippen LogP contribution in [-0.4, -0.2) is 45.9 Å². The topological polar surface area (TPSA) is 47.4 Å². The van der Waals surface area contributed by atoms with Crippen LogP contribution in [0.3, 0.4) is 0 Å². The van der Waals surface area contributed by atoms with Crippen molar-refractivity contribution in [1.29, 1.82) is 0 Å². The Morgan fingerprint density at radius 1 is 1.36 bits per heavy atom. The van der Waals surface area contributed by atoms with Crippen LogP contribution in [0.4, 0.5) is 0 Å². The van der Waals surface area contributed by atoms with Gasteiger partial charge in [0.2, 0.25) is 5.91 Å². The summed E-state index contributed by atoms with van der Waals surface area (Å²) in [5.41, 5.74) is 3.33. The summed E-state index contributed by atoms with van der Waals surface area (Å²) in [6.45, 7) is 13.9. The molecule has 0 spiro atoms. The predicted molar refractivity (Wildman–Crippen MR) is 86.8 cm³/mol. The molecule has 122 valence electrons. The smallest absolute Gasteiger partial charge is 0.223 e. The van der Waals surface area contributed by atoms with Crippen LogP contribution in [0.25, 0.3) is 0 Å². The number of hydrogen-bond donors (Lipinski definition) is 0. The van der Waals surface area contributed by atoms with Gasteiger partial charge in [0.15, 0.2) is 0 Å². The molecular weight excluding hydrogens is 278 g/mol. The first-order chi connectivity index (χ1) is 10.4. The van der Waals surface area contributed by atoms with Crippen LogP contribution in [0.5, 0.6) is 0 Å². The van der Waals surface area contributed by atoms with Crippen LogP contribution in [0, 0.1) is 13.8 Å². The van der Waals surface area contributed by atoms with Crippen molar-refractivity contribution in [1.82, 2.24) is 14.7 Å². The molecule has 1 aliphatic heterocycles. The quantitative estimate of drug-likeness (QED) is 0.784. The van der Waals surface area contributed by atoms with Gasteiger partial charge in [-0.25, -0.2) is 0 Å². The van der Waals surface area contributed by atoms with Crippen molar-refractivity contribution in [3.63, 3.8) is 0 Å². The van der Waals surface area contributed by atoms with E-state index < -0.39 is 0 Å². The number of carbonyl (C=O) groups excluding carboxylic acids is 1. The largest absolute Gasteiger partial charge is 0.372 e. The van der Waals surface area contributed by atoms with Crippen molar-refractivity contribution in [3.8, 4) is 0 Å². The summed E-state index contributed by atoms with van der Waals surface area (Å²) >= 11 is 0. The van der Waals surface area contributed by atoms with Gasteiger partial charge in [0.25, 0.3) is 0 Å². The Morgan fingerprint density at radius 3 is 2.59 bits per heavy atom. The van der Waals surface area contributed by atoms with Crippen molar-refractivity contribution in [2.45, 2.75) is 59.3 Å². The van der Waals surface area contributed by atoms with Crippen LogP contribution in [0.15, 0.2) is 12.7 Å². The summed E-state index contributed by atoms with van der Waals surface area (Å²) in [7, 11) is 0. The van der Waals surface area contributed by atoms with E-state index >= 15 is 0 Å². The zero-order valence-corrected chi connectivity index (χ0v) is 14.1. The molecule has 0 aliphatic carbocycles. The molecule has 1 aromatic heterocycles. The molecule has 0 N–H and O–H groups in total. The van der Waals surface area contributed by atoms with E-state index in [1.54, 1.807) is 0 Å². The van der Waals surface area contributed by atoms with Gasteiger partial charge in [0.05, 0.1) is 24.4 Å². The number of nitrogens with zero attached hydrogens (tertiary/aromatic N) is 3. The highest BCUT2D eigenvalue weighted by Gasteiger charge is 2.25. The van der Waals surface area contributed by atoms with E-state index in [0.29, 0.717) is 26.1 Å². The third-order valence-corrected chi connectivity index (χ3v) is 4.19. The predicted octanol–water partition coefficient (Wildman–Crippen LogP) is 2.25. The highest BCUT2D eigenvalue weighted by atomic mass is 16.5. The molecule has 2 rings (SSSR count). The molecule has 2 heterocycles. The lowest BCUT2D eigenvalue weighted by Gasteiger charge is -2.35. The maximum Gasteiger partial charge on any atom is 0.223 e. The molecular formula is C17H27N3O2. The first kappa shape index (κ1) is 16.7. The zero-order chi connectivity index (χ0) is 16.3. The van der Waals surface area contributed by atoms with E-state index in [9.17, 15) is 4.79 Å². The van der Waals surface area contributed by atoms with Gasteiger partial charge in [0, 0.05) is 25.2 Å². The van der Waals surface area contributed by atoms with Gasteiger partial charge in [-0.15, -0.1) is 6.58 Å². The van der Waals surface area contributed by atoms with Crippen molar-refractivity contribution in [2.75, 3.05) is 13.1 Å². The fourth-order valence-electron chi connectivity index (χ4n) is 3.17. The van der Waals surface area contributed by atoms with E-state index in [-0.39, 0.29) is 18.1 Å². The molecule has 2 unspecified atom stereocenters. The number of aromatic nitrogens is 2. The lowest BCUT2D eigenvalue weighted by molar-refractivity contribution is -0.143. The Labute approximate surface area is 132 Å². The Kier molecular flexibility index (Phi) is 5.40. The first-order valence-electron chi connectivity index (χ1n) is 7.99. The molecule has 1 amide bonds. The fraction of sp³-hybridized carbons (Fsp3) is 0.647. The standard InChI is InChI=1S/C17H27N3O2/c1-6-9-20-15(5)16(14(4)18-20)7-8-17(21)19-10-12(2)22-13(3)11-19/h6,12-13H,1,7-11H2,2-5H3. The lowest BCUT2D eigenvalue weighted by Crippen LogP contribution is -2.48. The van der Waals surface area contributed by atoms with Crippen LogP contribution in [0.1, 0.15) is 37.2 Å². The average molecular weight is 305 g/mol. The normalized spacial score (nSPS) is 21.9. The second kappa shape index (κ2) is 7.09. The minimum atomic E-state index is 0.117. The summed E-state index contributed by atoms with van der Waals surface area (Å²) in [6, 6.07) is 0. The molecule has 0 bridgehead atoms. The minimum Gasteiger partial charge on any atom is -0.372 e. The second-order valence-electron chi connectivity index (χ2n) is 6.18. The average Bonchev–Trinajstić information content (AvgIpc) is 2.70. The SMILES string of the molecule is C=CCn1nc(C)c(CCC(=O)N2CC(C)OC(C)C2)c1C. The maximum absolute atomic E-state index is 12.4. The van der Waals surface area contributed by atoms with Crippen molar-refractivity contribution >= 4 is 5.91 Å². The highest BCUT2D eigenvalue weighted by molar-refractivity contribution is 5.76. The summed E-state index contributed by atoms with van der Waals surface area (Å²) in [5.74, 6) is 0.206. The fourth-order valence-corrected chi connectivity index (χ4v) is 3.17. The summed E-state index contributed by atoms with van der Waals surface area (Å²) in [6.07, 6.45) is 3.34. The van der Waals surface area contributed by atoms with Crippen molar-refractivity contribution < 1.29 is 9.53 Å². The maximum atomic E-state index is 12.4. The Bertz CT molecular complexity index is 540. The van der Waals surface area contributed by atoms with Gasteiger partial charge in [-0.05, 0) is 39.7 Å². The molecule has 1 saturated heterocycles. The van der Waals surface area contributed by atoms with Crippen molar-refractivity contribution in [3.05, 3.63) is 29.6 Å². The lowest BCUT2D eigenvalue weighted by atomic mass is 10.1. The summed E-state index contributed by atoms with van der Waals surface area (Å²) in [4.78, 5) is 14.4. The van der Waals surface area contributed by atoms with Gasteiger partial charge < -0.3 is 9.64 Å². The van der Waals surface area contributed by atoms with E-state index in [0.717, 1.165) is 17.8 Å². The first-order valence-corrected chi connectivity index (χ1v) is 7.99. The van der Waals surface area contributed by atoms with Crippen LogP contribution < -0.4 is 0 Å². The van der Waals surface area contributed by atoms with Crippen LogP contribution >= 0.6 is 0 Å². The summed E-state index contributed by atoms with van der Waals surface area (Å²) in [5, 5.41) is 4.51. The molecule has 5 nitrogen and oxygen atoms in total. The second-order valence-corrected chi connectivity index (χ2v) is 6.18. The molecule has 0 radical (unpaired) electrons. The number of carbonyl (C=O) groups is 1.